The predicted octanol–water partition coefficient (Wildman–Crippen LogP) is 3.14. The summed E-state index contributed by atoms with van der Waals surface area (Å²) in [7, 11) is 1.52. The van der Waals surface area contributed by atoms with E-state index >= 15 is 0 Å². The number of nitrogens with one attached hydrogen (secondary N) is 2. The molecule has 0 bridgehead atoms. The Kier molecular flexibility index (Phi) is 9.73. The van der Waals surface area contributed by atoms with Crippen molar-refractivity contribution in [3.8, 4) is 5.75 Å². The number of benzene rings is 1. The Morgan fingerprint density at radius 3 is 2.42 bits per heavy atom. The molecule has 200 valence electrons. The van der Waals surface area contributed by atoms with Crippen LogP contribution >= 0.6 is 11.6 Å². The summed E-state index contributed by atoms with van der Waals surface area (Å²) in [5.41, 5.74) is 6.64. The molecule has 8 nitrogen and oxygen atoms in total. The quantitative estimate of drug-likeness (QED) is 0.456. The van der Waals surface area contributed by atoms with Crippen molar-refractivity contribution in [2.75, 3.05) is 58.7 Å². The molecule has 1 aromatic carbocycles. The molecule has 2 amide bonds. The van der Waals surface area contributed by atoms with Gasteiger partial charge in [0.15, 0.2) is 0 Å². The minimum atomic E-state index is -0.176. The van der Waals surface area contributed by atoms with E-state index in [1.54, 1.807) is 12.1 Å². The molecular formula is C27H42ClN5O3. The van der Waals surface area contributed by atoms with Gasteiger partial charge in [-0.05, 0) is 75.9 Å². The van der Waals surface area contributed by atoms with Crippen LogP contribution in [-0.4, -0.2) is 80.6 Å². The molecule has 3 aliphatic heterocycles. The maximum atomic E-state index is 12.8. The topological polar surface area (TPSA) is 99.9 Å². The summed E-state index contributed by atoms with van der Waals surface area (Å²) in [6.45, 7) is 7.02. The Hall–Kier alpha value is -2.03. The fourth-order valence-electron chi connectivity index (χ4n) is 5.82. The van der Waals surface area contributed by atoms with Crippen molar-refractivity contribution in [3.63, 3.8) is 0 Å². The van der Waals surface area contributed by atoms with Gasteiger partial charge >= 0.3 is 0 Å². The van der Waals surface area contributed by atoms with Crippen LogP contribution in [0, 0.1) is 11.8 Å². The maximum absolute atomic E-state index is 12.8. The van der Waals surface area contributed by atoms with E-state index in [1.165, 1.54) is 20.0 Å². The van der Waals surface area contributed by atoms with Gasteiger partial charge in [0.05, 0.1) is 23.4 Å². The average molecular weight is 520 g/mol. The van der Waals surface area contributed by atoms with Crippen LogP contribution in [0.2, 0.25) is 5.02 Å². The van der Waals surface area contributed by atoms with Crippen LogP contribution < -0.4 is 21.1 Å². The molecule has 3 aliphatic rings. The lowest BCUT2D eigenvalue weighted by Crippen LogP contribution is -2.47. The van der Waals surface area contributed by atoms with Crippen LogP contribution in [0.3, 0.4) is 0 Å². The molecule has 9 heteroatoms. The van der Waals surface area contributed by atoms with Gasteiger partial charge in [0, 0.05) is 51.3 Å². The number of nitrogens with zero attached hydrogens (tertiary/aromatic N) is 2. The first-order valence-electron chi connectivity index (χ1n) is 13.6. The van der Waals surface area contributed by atoms with Crippen molar-refractivity contribution in [3.05, 3.63) is 22.7 Å². The number of methoxy groups -OCH3 is 1. The molecule has 0 radical (unpaired) electrons. The number of hydrogen-bond donors (Lipinski definition) is 3. The van der Waals surface area contributed by atoms with Crippen LogP contribution in [0.1, 0.15) is 61.7 Å². The molecule has 3 saturated heterocycles. The average Bonchev–Trinajstić information content (AvgIpc) is 2.90. The van der Waals surface area contributed by atoms with E-state index in [1.807, 2.05) is 0 Å². The molecule has 0 atom stereocenters. The highest BCUT2D eigenvalue weighted by Gasteiger charge is 2.28. The number of piperidine rings is 3. The molecule has 0 saturated carbocycles. The van der Waals surface area contributed by atoms with Gasteiger partial charge in [-0.1, -0.05) is 11.6 Å². The molecule has 0 aromatic heterocycles. The van der Waals surface area contributed by atoms with Crippen molar-refractivity contribution < 1.29 is 14.3 Å². The number of amides is 2. The number of ether oxygens (including phenoxy) is 1. The molecule has 1 aromatic rings. The second kappa shape index (κ2) is 13.0. The Bertz CT molecular complexity index is 892. The summed E-state index contributed by atoms with van der Waals surface area (Å²) in [4.78, 5) is 30.1. The summed E-state index contributed by atoms with van der Waals surface area (Å²) in [5.74, 6) is 1.97. The third-order valence-corrected chi connectivity index (χ3v) is 8.52. The number of nitrogens with two attached hydrogens (primary N) is 1. The van der Waals surface area contributed by atoms with E-state index in [2.05, 4.69) is 20.4 Å². The minimum Gasteiger partial charge on any atom is -0.496 e. The van der Waals surface area contributed by atoms with Crippen molar-refractivity contribution in [1.82, 2.24) is 20.4 Å². The molecular weight excluding hydrogens is 478 g/mol. The minimum absolute atomic E-state index is 0.134. The zero-order valence-electron chi connectivity index (χ0n) is 21.6. The summed E-state index contributed by atoms with van der Waals surface area (Å²) < 4.78 is 5.32. The van der Waals surface area contributed by atoms with Gasteiger partial charge < -0.3 is 30.9 Å². The summed E-state index contributed by atoms with van der Waals surface area (Å²) in [5, 5.41) is 6.89. The van der Waals surface area contributed by atoms with Crippen molar-refractivity contribution in [1.29, 1.82) is 0 Å². The van der Waals surface area contributed by atoms with E-state index in [-0.39, 0.29) is 11.9 Å². The normalized spacial score (nSPS) is 20.9. The van der Waals surface area contributed by atoms with Gasteiger partial charge in [0.1, 0.15) is 5.75 Å². The highest BCUT2D eigenvalue weighted by molar-refractivity contribution is 6.33. The molecule has 0 spiro atoms. The third-order valence-electron chi connectivity index (χ3n) is 8.20. The highest BCUT2D eigenvalue weighted by atomic mass is 35.5. The van der Waals surface area contributed by atoms with Crippen molar-refractivity contribution >= 4 is 29.1 Å². The number of carbonyl (C=O) groups is 2. The van der Waals surface area contributed by atoms with E-state index in [0.717, 1.165) is 77.9 Å². The molecule has 0 aliphatic carbocycles. The zero-order chi connectivity index (χ0) is 25.5. The standard InChI is InChI=1S/C27H42ClN5O3/c1-36-25-17-24(29)23(28)16-22(25)27(35)31-21-8-12-32(13-9-21)18-20-6-14-33(15-7-20)26(34)3-2-19-4-10-30-11-5-19/h16-17,19-21,30H,2-15,18,29H2,1H3,(H,31,35). The van der Waals surface area contributed by atoms with Crippen LogP contribution in [0.15, 0.2) is 12.1 Å². The Labute approximate surface area is 220 Å². The Morgan fingerprint density at radius 1 is 1.06 bits per heavy atom. The second-order valence-electron chi connectivity index (χ2n) is 10.7. The van der Waals surface area contributed by atoms with Gasteiger partial charge in [-0.15, -0.1) is 0 Å². The first-order chi connectivity index (χ1) is 17.4. The number of nitrogen functional groups attached to an aromatic ring is 1. The second-order valence-corrected chi connectivity index (χ2v) is 11.1. The lowest BCUT2D eigenvalue weighted by molar-refractivity contribution is -0.133. The third kappa shape index (κ3) is 7.26. The number of anilines is 1. The van der Waals surface area contributed by atoms with E-state index in [9.17, 15) is 9.59 Å². The van der Waals surface area contributed by atoms with Gasteiger partial charge in [-0.3, -0.25) is 9.59 Å². The molecule has 4 rings (SSSR count). The molecule has 36 heavy (non-hydrogen) atoms. The van der Waals surface area contributed by atoms with Gasteiger partial charge in [0.25, 0.3) is 5.91 Å². The van der Waals surface area contributed by atoms with Gasteiger partial charge in [-0.2, -0.15) is 0 Å². The largest absolute Gasteiger partial charge is 0.496 e. The smallest absolute Gasteiger partial charge is 0.255 e. The fraction of sp³-hybridized carbons (Fsp3) is 0.704. The number of rotatable bonds is 8. The predicted molar refractivity (Wildman–Crippen MR) is 143 cm³/mol. The number of halogens is 1. The number of carbonyl (C=O) groups excluding carboxylic acids is 2. The Morgan fingerprint density at radius 2 is 1.75 bits per heavy atom. The fourth-order valence-corrected chi connectivity index (χ4v) is 5.99. The van der Waals surface area contributed by atoms with Crippen LogP contribution in [0.5, 0.6) is 5.75 Å². The lowest BCUT2D eigenvalue weighted by Gasteiger charge is -2.38. The monoisotopic (exact) mass is 519 g/mol. The van der Waals surface area contributed by atoms with Crippen LogP contribution in [0.4, 0.5) is 5.69 Å². The first-order valence-corrected chi connectivity index (χ1v) is 14.0. The summed E-state index contributed by atoms with van der Waals surface area (Å²) >= 11 is 6.12. The summed E-state index contributed by atoms with van der Waals surface area (Å²) in [6, 6.07) is 3.30. The van der Waals surface area contributed by atoms with Crippen molar-refractivity contribution in [2.24, 2.45) is 11.8 Å². The number of hydrogen-bond acceptors (Lipinski definition) is 6. The van der Waals surface area contributed by atoms with E-state index < -0.39 is 0 Å². The Balaban J connectivity index is 1.14. The van der Waals surface area contributed by atoms with Crippen LogP contribution in [-0.2, 0) is 4.79 Å². The maximum Gasteiger partial charge on any atom is 0.255 e. The van der Waals surface area contributed by atoms with Gasteiger partial charge in [-0.25, -0.2) is 0 Å². The van der Waals surface area contributed by atoms with E-state index in [4.69, 9.17) is 22.1 Å². The lowest BCUT2D eigenvalue weighted by atomic mass is 9.92. The molecule has 3 heterocycles. The SMILES string of the molecule is COc1cc(N)c(Cl)cc1C(=O)NC1CCN(CC2CCN(C(=O)CCC3CCNCC3)CC2)CC1. The van der Waals surface area contributed by atoms with Crippen LogP contribution in [0.25, 0.3) is 0 Å². The van der Waals surface area contributed by atoms with Gasteiger partial charge in [0.2, 0.25) is 5.91 Å². The molecule has 0 unspecified atom stereocenters. The van der Waals surface area contributed by atoms with E-state index in [0.29, 0.717) is 46.2 Å². The molecule has 3 fully saturated rings. The molecule has 4 N–H and O–H groups in total. The number of likely N-dealkylation sites (tertiary alicyclic amines) is 2. The van der Waals surface area contributed by atoms with Crippen molar-refractivity contribution in [2.45, 2.75) is 57.4 Å². The zero-order valence-corrected chi connectivity index (χ0v) is 22.3. The summed E-state index contributed by atoms with van der Waals surface area (Å²) in [6.07, 6.45) is 8.20. The first kappa shape index (κ1) is 27.0. The highest BCUT2D eigenvalue weighted by Crippen LogP contribution is 2.29.